The van der Waals surface area contributed by atoms with Gasteiger partial charge in [0.05, 0.1) is 6.20 Å². The maximum absolute atomic E-state index is 6.05. The van der Waals surface area contributed by atoms with Crippen molar-refractivity contribution in [2.24, 2.45) is 7.05 Å². The minimum Gasteiger partial charge on any atom is -0.310 e. The third kappa shape index (κ3) is 3.37. The van der Waals surface area contributed by atoms with Gasteiger partial charge in [-0.3, -0.25) is 4.68 Å². The second-order valence-electron chi connectivity index (χ2n) is 4.75. The predicted octanol–water partition coefficient (Wildman–Crippen LogP) is 3.28. The van der Waals surface area contributed by atoms with Gasteiger partial charge in [-0.1, -0.05) is 30.7 Å². The van der Waals surface area contributed by atoms with E-state index in [-0.39, 0.29) is 6.04 Å². The van der Waals surface area contributed by atoms with Gasteiger partial charge in [-0.25, -0.2) is 0 Å². The lowest BCUT2D eigenvalue weighted by atomic mass is 9.99. The van der Waals surface area contributed by atoms with Crippen LogP contribution in [0.3, 0.4) is 0 Å². The number of hydrogen-bond donors (Lipinski definition) is 1. The summed E-state index contributed by atoms with van der Waals surface area (Å²) in [5, 5.41) is 8.64. The Labute approximate surface area is 119 Å². The highest BCUT2D eigenvalue weighted by Gasteiger charge is 2.16. The molecule has 0 fully saturated rings. The molecular formula is C15H20ClN3. The lowest BCUT2D eigenvalue weighted by molar-refractivity contribution is 0.546. The summed E-state index contributed by atoms with van der Waals surface area (Å²) in [6.07, 6.45) is 2.87. The van der Waals surface area contributed by atoms with E-state index in [4.69, 9.17) is 11.6 Å². The van der Waals surface area contributed by atoms with Crippen LogP contribution in [0.1, 0.15) is 29.8 Å². The van der Waals surface area contributed by atoms with Gasteiger partial charge in [0.25, 0.3) is 0 Å². The standard InChI is InChI=1S/C15H20ClN3/c1-4-17-15(14-10-18-19(3)11(14)2)9-12-6-5-7-13(16)8-12/h5-8,10,15,17H,4,9H2,1-3H3. The summed E-state index contributed by atoms with van der Waals surface area (Å²) in [5.74, 6) is 0. The van der Waals surface area contributed by atoms with E-state index >= 15 is 0 Å². The van der Waals surface area contributed by atoms with Crippen molar-refractivity contribution in [1.29, 1.82) is 0 Å². The average Bonchev–Trinajstić information content (AvgIpc) is 2.70. The molecule has 0 aliphatic rings. The maximum Gasteiger partial charge on any atom is 0.0540 e. The Hall–Kier alpha value is -1.32. The van der Waals surface area contributed by atoms with E-state index in [1.54, 1.807) is 0 Å². The first kappa shape index (κ1) is 14.1. The highest BCUT2D eigenvalue weighted by molar-refractivity contribution is 6.30. The normalized spacial score (nSPS) is 12.6. The van der Waals surface area contributed by atoms with Crippen molar-refractivity contribution in [2.45, 2.75) is 26.3 Å². The summed E-state index contributed by atoms with van der Waals surface area (Å²) in [7, 11) is 1.97. The van der Waals surface area contributed by atoms with E-state index in [0.717, 1.165) is 18.0 Å². The number of hydrogen-bond acceptors (Lipinski definition) is 2. The van der Waals surface area contributed by atoms with Gasteiger partial charge in [-0.05, 0) is 37.6 Å². The zero-order chi connectivity index (χ0) is 13.8. The van der Waals surface area contributed by atoms with Gasteiger partial charge in [-0.15, -0.1) is 0 Å². The molecule has 1 atom stereocenters. The third-order valence-corrected chi connectivity index (χ3v) is 3.66. The molecule has 3 nitrogen and oxygen atoms in total. The molecule has 0 radical (unpaired) electrons. The van der Waals surface area contributed by atoms with Gasteiger partial charge < -0.3 is 5.32 Å². The molecule has 2 aromatic rings. The fourth-order valence-electron chi connectivity index (χ4n) is 2.30. The first-order valence-electron chi connectivity index (χ1n) is 6.58. The van der Waals surface area contributed by atoms with Gasteiger partial charge in [0.15, 0.2) is 0 Å². The molecule has 1 unspecified atom stereocenters. The maximum atomic E-state index is 6.05. The first-order chi connectivity index (χ1) is 9.11. The van der Waals surface area contributed by atoms with Gasteiger partial charge in [0.2, 0.25) is 0 Å². The lowest BCUT2D eigenvalue weighted by Gasteiger charge is -2.18. The third-order valence-electron chi connectivity index (χ3n) is 3.43. The minimum atomic E-state index is 0.275. The fraction of sp³-hybridized carbons (Fsp3) is 0.400. The number of benzene rings is 1. The van der Waals surface area contributed by atoms with Gasteiger partial charge >= 0.3 is 0 Å². The molecule has 1 N–H and O–H groups in total. The van der Waals surface area contributed by atoms with Gasteiger partial charge in [-0.2, -0.15) is 5.10 Å². The predicted molar refractivity (Wildman–Crippen MR) is 79.5 cm³/mol. The van der Waals surface area contributed by atoms with Crippen LogP contribution in [-0.4, -0.2) is 16.3 Å². The molecule has 1 heterocycles. The SMILES string of the molecule is CCNC(Cc1cccc(Cl)c1)c1cnn(C)c1C. The van der Waals surface area contributed by atoms with Crippen molar-refractivity contribution in [3.05, 3.63) is 52.3 Å². The molecule has 0 amide bonds. The number of aromatic nitrogens is 2. The summed E-state index contributed by atoms with van der Waals surface area (Å²) in [6, 6.07) is 8.32. The largest absolute Gasteiger partial charge is 0.310 e. The van der Waals surface area contributed by atoms with Crippen LogP contribution in [0.4, 0.5) is 0 Å². The van der Waals surface area contributed by atoms with Crippen LogP contribution in [0.2, 0.25) is 5.02 Å². The molecule has 0 aliphatic carbocycles. The zero-order valence-corrected chi connectivity index (χ0v) is 12.4. The molecular weight excluding hydrogens is 258 g/mol. The second-order valence-corrected chi connectivity index (χ2v) is 5.19. The van der Waals surface area contributed by atoms with Crippen molar-refractivity contribution in [2.75, 3.05) is 6.54 Å². The molecule has 0 saturated carbocycles. The average molecular weight is 278 g/mol. The highest BCUT2D eigenvalue weighted by Crippen LogP contribution is 2.22. The minimum absolute atomic E-state index is 0.275. The van der Waals surface area contributed by atoms with Crippen molar-refractivity contribution in [3.63, 3.8) is 0 Å². The van der Waals surface area contributed by atoms with E-state index < -0.39 is 0 Å². The van der Waals surface area contributed by atoms with Crippen LogP contribution in [-0.2, 0) is 13.5 Å². The summed E-state index contributed by atoms with van der Waals surface area (Å²) in [4.78, 5) is 0. The molecule has 1 aromatic carbocycles. The summed E-state index contributed by atoms with van der Waals surface area (Å²) in [6.45, 7) is 5.15. The van der Waals surface area contributed by atoms with Crippen LogP contribution < -0.4 is 5.32 Å². The number of nitrogens with zero attached hydrogens (tertiary/aromatic N) is 2. The second kappa shape index (κ2) is 6.22. The quantitative estimate of drug-likeness (QED) is 0.909. The van der Waals surface area contributed by atoms with E-state index in [1.807, 2.05) is 36.1 Å². The fourth-order valence-corrected chi connectivity index (χ4v) is 2.51. The van der Waals surface area contributed by atoms with Crippen LogP contribution in [0, 0.1) is 6.92 Å². The Balaban J connectivity index is 2.23. The van der Waals surface area contributed by atoms with E-state index in [2.05, 4.69) is 30.3 Å². The van der Waals surface area contributed by atoms with Crippen molar-refractivity contribution >= 4 is 11.6 Å². The summed E-state index contributed by atoms with van der Waals surface area (Å²) in [5.41, 5.74) is 3.69. The topological polar surface area (TPSA) is 29.9 Å². The number of likely N-dealkylation sites (N-methyl/N-ethyl adjacent to an activating group) is 1. The van der Waals surface area contributed by atoms with Crippen LogP contribution >= 0.6 is 11.6 Å². The highest BCUT2D eigenvalue weighted by atomic mass is 35.5. The van der Waals surface area contributed by atoms with Gasteiger partial charge in [0, 0.05) is 29.4 Å². The Kier molecular flexibility index (Phi) is 4.61. The molecule has 102 valence electrons. The summed E-state index contributed by atoms with van der Waals surface area (Å²) >= 11 is 6.05. The van der Waals surface area contributed by atoms with Crippen molar-refractivity contribution in [1.82, 2.24) is 15.1 Å². The first-order valence-corrected chi connectivity index (χ1v) is 6.96. The van der Waals surface area contributed by atoms with E-state index in [9.17, 15) is 0 Å². The monoisotopic (exact) mass is 277 g/mol. The van der Waals surface area contributed by atoms with Crippen LogP contribution in [0.5, 0.6) is 0 Å². The molecule has 2 rings (SSSR count). The molecule has 19 heavy (non-hydrogen) atoms. The zero-order valence-electron chi connectivity index (χ0n) is 11.7. The molecule has 0 aliphatic heterocycles. The Bertz CT molecular complexity index is 548. The molecule has 0 spiro atoms. The lowest BCUT2D eigenvalue weighted by Crippen LogP contribution is -2.23. The number of halogens is 1. The molecule has 4 heteroatoms. The summed E-state index contributed by atoms with van der Waals surface area (Å²) < 4.78 is 1.91. The number of aryl methyl sites for hydroxylation is 1. The number of nitrogens with one attached hydrogen (secondary N) is 1. The van der Waals surface area contributed by atoms with Gasteiger partial charge in [0.1, 0.15) is 0 Å². The Morgan fingerprint density at radius 1 is 1.42 bits per heavy atom. The Morgan fingerprint density at radius 2 is 2.21 bits per heavy atom. The molecule has 0 saturated heterocycles. The van der Waals surface area contributed by atoms with Crippen LogP contribution in [0.15, 0.2) is 30.5 Å². The molecule has 0 bridgehead atoms. The Morgan fingerprint density at radius 3 is 2.79 bits per heavy atom. The van der Waals surface area contributed by atoms with E-state index in [1.165, 1.54) is 16.8 Å². The van der Waals surface area contributed by atoms with Crippen LogP contribution in [0.25, 0.3) is 0 Å². The van der Waals surface area contributed by atoms with Crippen molar-refractivity contribution in [3.8, 4) is 0 Å². The van der Waals surface area contributed by atoms with Crippen molar-refractivity contribution < 1.29 is 0 Å². The number of rotatable bonds is 5. The molecule has 1 aromatic heterocycles. The van der Waals surface area contributed by atoms with E-state index in [0.29, 0.717) is 0 Å². The smallest absolute Gasteiger partial charge is 0.0540 e.